The van der Waals surface area contributed by atoms with Crippen LogP contribution in [0.3, 0.4) is 0 Å². The second-order valence-corrected chi connectivity index (χ2v) is 4.56. The van der Waals surface area contributed by atoms with Crippen LogP contribution >= 0.6 is 0 Å². The van der Waals surface area contributed by atoms with E-state index in [4.69, 9.17) is 5.26 Å². The quantitative estimate of drug-likeness (QED) is 0.836. The summed E-state index contributed by atoms with van der Waals surface area (Å²) in [4.78, 5) is 0. The second kappa shape index (κ2) is 5.14. The molecule has 1 N–H and O–H groups in total. The number of nitriles is 1. The highest BCUT2D eigenvalue weighted by atomic mass is 14.9. The van der Waals surface area contributed by atoms with Crippen molar-refractivity contribution in [2.24, 2.45) is 0 Å². The highest BCUT2D eigenvalue weighted by Gasteiger charge is 2.29. The first-order valence-electron chi connectivity index (χ1n) is 6.07. The maximum atomic E-state index is 8.84. The Morgan fingerprint density at radius 1 is 1.44 bits per heavy atom. The summed E-state index contributed by atoms with van der Waals surface area (Å²) in [6.07, 6.45) is 3.63. The molecule has 0 aliphatic heterocycles. The Morgan fingerprint density at radius 3 is 2.94 bits per heavy atom. The minimum absolute atomic E-state index is 0.655. The van der Waals surface area contributed by atoms with Gasteiger partial charge in [0.25, 0.3) is 0 Å². The van der Waals surface area contributed by atoms with Gasteiger partial charge in [0.1, 0.15) is 0 Å². The number of nitrogens with zero attached hydrogens (tertiary/aromatic N) is 1. The Bertz CT molecular complexity index is 386. The monoisotopic (exact) mass is 214 g/mol. The lowest BCUT2D eigenvalue weighted by atomic mass is 9.75. The van der Waals surface area contributed by atoms with Crippen molar-refractivity contribution in [3.05, 3.63) is 35.4 Å². The smallest absolute Gasteiger partial charge is 0.0991 e. The van der Waals surface area contributed by atoms with E-state index in [-0.39, 0.29) is 0 Å². The van der Waals surface area contributed by atoms with Gasteiger partial charge in [-0.1, -0.05) is 19.1 Å². The van der Waals surface area contributed by atoms with Crippen molar-refractivity contribution in [2.75, 3.05) is 6.54 Å². The van der Waals surface area contributed by atoms with Gasteiger partial charge in [-0.2, -0.15) is 5.26 Å². The zero-order chi connectivity index (χ0) is 11.4. The third-order valence-corrected chi connectivity index (χ3v) is 3.31. The third kappa shape index (κ3) is 2.43. The van der Waals surface area contributed by atoms with Crippen LogP contribution in [-0.2, 0) is 0 Å². The van der Waals surface area contributed by atoms with Crippen LogP contribution in [0.25, 0.3) is 0 Å². The molecule has 0 radical (unpaired) electrons. The van der Waals surface area contributed by atoms with Gasteiger partial charge in [-0.05, 0) is 49.4 Å². The van der Waals surface area contributed by atoms with Crippen LogP contribution < -0.4 is 5.32 Å². The molecule has 84 valence electrons. The first kappa shape index (κ1) is 11.2. The van der Waals surface area contributed by atoms with Gasteiger partial charge in [0.2, 0.25) is 0 Å². The molecular weight excluding hydrogens is 196 g/mol. The Balaban J connectivity index is 1.89. The average Bonchev–Trinajstić information content (AvgIpc) is 2.27. The van der Waals surface area contributed by atoms with Gasteiger partial charge in [-0.25, -0.2) is 0 Å². The molecule has 0 spiro atoms. The van der Waals surface area contributed by atoms with Crippen LogP contribution in [0.4, 0.5) is 0 Å². The van der Waals surface area contributed by atoms with E-state index in [9.17, 15) is 0 Å². The molecule has 0 saturated heterocycles. The summed E-state index contributed by atoms with van der Waals surface area (Å²) in [6, 6.07) is 10.9. The molecule has 2 nitrogen and oxygen atoms in total. The Labute approximate surface area is 97.3 Å². The molecule has 0 amide bonds. The average molecular weight is 214 g/mol. The fraction of sp³-hybridized carbons (Fsp3) is 0.500. The normalized spacial score (nSPS) is 23.5. The van der Waals surface area contributed by atoms with Crippen LogP contribution in [0.2, 0.25) is 0 Å². The van der Waals surface area contributed by atoms with Crippen LogP contribution in [0.15, 0.2) is 24.3 Å². The molecule has 16 heavy (non-hydrogen) atoms. The van der Waals surface area contributed by atoms with E-state index < -0.39 is 0 Å². The van der Waals surface area contributed by atoms with Gasteiger partial charge >= 0.3 is 0 Å². The maximum absolute atomic E-state index is 8.84. The molecular formula is C14H18N2. The van der Waals surface area contributed by atoms with E-state index in [0.717, 1.165) is 12.1 Å². The highest BCUT2D eigenvalue weighted by Crippen LogP contribution is 2.36. The van der Waals surface area contributed by atoms with E-state index >= 15 is 0 Å². The standard InChI is InChI=1S/C14H18N2/c1-2-6-16-14-8-13(9-14)12-5-3-4-11(7-12)10-15/h3-5,7,13-14,16H,2,6,8-9H2,1H3. The lowest BCUT2D eigenvalue weighted by Gasteiger charge is -2.36. The second-order valence-electron chi connectivity index (χ2n) is 4.56. The van der Waals surface area contributed by atoms with Crippen LogP contribution in [0, 0.1) is 11.3 Å². The van der Waals surface area contributed by atoms with E-state index in [1.807, 2.05) is 18.2 Å². The third-order valence-electron chi connectivity index (χ3n) is 3.31. The fourth-order valence-electron chi connectivity index (χ4n) is 2.27. The zero-order valence-electron chi connectivity index (χ0n) is 9.74. The molecule has 0 unspecified atom stereocenters. The number of rotatable bonds is 4. The van der Waals surface area contributed by atoms with Crippen LogP contribution in [0.1, 0.15) is 43.2 Å². The number of hydrogen-bond donors (Lipinski definition) is 1. The van der Waals surface area contributed by atoms with Gasteiger partial charge in [0.05, 0.1) is 11.6 Å². The van der Waals surface area contributed by atoms with Gasteiger partial charge < -0.3 is 5.32 Å². The molecule has 1 aliphatic carbocycles. The van der Waals surface area contributed by atoms with E-state index in [1.165, 1.54) is 24.8 Å². The van der Waals surface area contributed by atoms with Crippen LogP contribution in [-0.4, -0.2) is 12.6 Å². The van der Waals surface area contributed by atoms with Crippen molar-refractivity contribution in [2.45, 2.75) is 38.1 Å². The maximum Gasteiger partial charge on any atom is 0.0991 e. The van der Waals surface area contributed by atoms with Crippen molar-refractivity contribution in [1.29, 1.82) is 5.26 Å². The topological polar surface area (TPSA) is 35.8 Å². The first-order valence-corrected chi connectivity index (χ1v) is 6.07. The molecule has 1 aliphatic rings. The fourth-order valence-corrected chi connectivity index (χ4v) is 2.27. The molecule has 2 heteroatoms. The van der Waals surface area contributed by atoms with Crippen molar-refractivity contribution in [1.82, 2.24) is 5.32 Å². The minimum Gasteiger partial charge on any atom is -0.314 e. The molecule has 1 fully saturated rings. The van der Waals surface area contributed by atoms with E-state index in [1.54, 1.807) is 0 Å². The lowest BCUT2D eigenvalue weighted by Crippen LogP contribution is -2.40. The predicted octanol–water partition coefficient (Wildman–Crippen LogP) is 2.80. The molecule has 0 aromatic heterocycles. The summed E-state index contributed by atoms with van der Waals surface area (Å²) in [5, 5.41) is 12.4. The van der Waals surface area contributed by atoms with Gasteiger partial charge in [0.15, 0.2) is 0 Å². The minimum atomic E-state index is 0.655. The molecule has 0 heterocycles. The van der Waals surface area contributed by atoms with Crippen molar-refractivity contribution in [3.63, 3.8) is 0 Å². The number of hydrogen-bond acceptors (Lipinski definition) is 2. The molecule has 0 bridgehead atoms. The van der Waals surface area contributed by atoms with Crippen molar-refractivity contribution in [3.8, 4) is 6.07 Å². The van der Waals surface area contributed by atoms with E-state index in [0.29, 0.717) is 12.0 Å². The summed E-state index contributed by atoms with van der Waals surface area (Å²) in [5.41, 5.74) is 2.11. The van der Waals surface area contributed by atoms with Gasteiger partial charge in [-0.3, -0.25) is 0 Å². The SMILES string of the molecule is CCCNC1CC(c2cccc(C#N)c2)C1. The highest BCUT2D eigenvalue weighted by molar-refractivity contribution is 5.35. The van der Waals surface area contributed by atoms with Gasteiger partial charge in [-0.15, -0.1) is 0 Å². The molecule has 1 saturated carbocycles. The lowest BCUT2D eigenvalue weighted by molar-refractivity contribution is 0.292. The van der Waals surface area contributed by atoms with E-state index in [2.05, 4.69) is 24.4 Å². The Hall–Kier alpha value is -1.33. The Morgan fingerprint density at radius 2 is 2.25 bits per heavy atom. The summed E-state index contributed by atoms with van der Waals surface area (Å²) in [6.45, 7) is 3.31. The Kier molecular flexibility index (Phi) is 3.58. The summed E-state index contributed by atoms with van der Waals surface area (Å²) in [7, 11) is 0. The molecule has 0 atom stereocenters. The van der Waals surface area contributed by atoms with Crippen LogP contribution in [0.5, 0.6) is 0 Å². The summed E-state index contributed by atoms with van der Waals surface area (Å²) < 4.78 is 0. The zero-order valence-corrected chi connectivity index (χ0v) is 9.74. The van der Waals surface area contributed by atoms with Crippen molar-refractivity contribution < 1.29 is 0 Å². The number of benzene rings is 1. The summed E-state index contributed by atoms with van der Waals surface area (Å²) in [5.74, 6) is 0.655. The largest absolute Gasteiger partial charge is 0.314 e. The number of nitrogens with one attached hydrogen (secondary N) is 1. The molecule has 1 aromatic carbocycles. The molecule has 2 rings (SSSR count). The molecule has 1 aromatic rings. The predicted molar refractivity (Wildman–Crippen MR) is 65.2 cm³/mol. The summed E-state index contributed by atoms with van der Waals surface area (Å²) >= 11 is 0. The van der Waals surface area contributed by atoms with Gasteiger partial charge in [0, 0.05) is 6.04 Å². The van der Waals surface area contributed by atoms with Crippen molar-refractivity contribution >= 4 is 0 Å². The first-order chi connectivity index (χ1) is 7.83.